The van der Waals surface area contributed by atoms with Gasteiger partial charge in [0.05, 0.1) is 0 Å². The molecule has 1 aliphatic carbocycles. The quantitative estimate of drug-likeness (QED) is 0.777. The van der Waals surface area contributed by atoms with Gasteiger partial charge in [0.2, 0.25) is 11.8 Å². The molecular formula is C16H21N3O2. The zero-order chi connectivity index (χ0) is 14.7. The molecule has 2 amide bonds. The molecule has 1 aromatic rings. The summed E-state index contributed by atoms with van der Waals surface area (Å²) in [5.41, 5.74) is 1.55. The highest BCUT2D eigenvalue weighted by molar-refractivity contribution is 5.95. The van der Waals surface area contributed by atoms with Crippen molar-refractivity contribution in [3.63, 3.8) is 0 Å². The van der Waals surface area contributed by atoms with E-state index in [0.717, 1.165) is 43.6 Å². The first kappa shape index (κ1) is 14.1. The van der Waals surface area contributed by atoms with Crippen molar-refractivity contribution < 1.29 is 9.59 Å². The molecule has 3 rings (SSSR count). The lowest BCUT2D eigenvalue weighted by Gasteiger charge is -2.11. The van der Waals surface area contributed by atoms with Crippen LogP contribution >= 0.6 is 0 Å². The number of amides is 2. The van der Waals surface area contributed by atoms with E-state index in [1.54, 1.807) is 0 Å². The van der Waals surface area contributed by atoms with Gasteiger partial charge in [0.1, 0.15) is 0 Å². The molecule has 0 radical (unpaired) electrons. The summed E-state index contributed by atoms with van der Waals surface area (Å²) in [4.78, 5) is 23.6. The second kappa shape index (κ2) is 6.26. The molecule has 1 saturated heterocycles. The van der Waals surface area contributed by atoms with Gasteiger partial charge in [0.25, 0.3) is 0 Å². The molecule has 2 fully saturated rings. The maximum Gasteiger partial charge on any atom is 0.227 e. The van der Waals surface area contributed by atoms with Crippen LogP contribution in [0.25, 0.3) is 0 Å². The van der Waals surface area contributed by atoms with Crippen molar-refractivity contribution in [3.05, 3.63) is 24.3 Å². The largest absolute Gasteiger partial charge is 0.326 e. The van der Waals surface area contributed by atoms with E-state index in [1.165, 1.54) is 0 Å². The fourth-order valence-corrected chi connectivity index (χ4v) is 2.59. The first-order valence-electron chi connectivity index (χ1n) is 7.65. The summed E-state index contributed by atoms with van der Waals surface area (Å²) >= 11 is 0. The molecule has 1 unspecified atom stereocenters. The normalized spacial score (nSPS) is 21.0. The predicted octanol–water partition coefficient (Wildman–Crippen LogP) is 2.12. The molecular weight excluding hydrogens is 266 g/mol. The van der Waals surface area contributed by atoms with Crippen molar-refractivity contribution in [2.45, 2.75) is 38.1 Å². The van der Waals surface area contributed by atoms with Gasteiger partial charge in [-0.3, -0.25) is 9.59 Å². The minimum absolute atomic E-state index is 0.0316. The van der Waals surface area contributed by atoms with Crippen LogP contribution in [0.2, 0.25) is 0 Å². The first-order chi connectivity index (χ1) is 10.2. The molecule has 5 nitrogen and oxygen atoms in total. The van der Waals surface area contributed by atoms with Crippen molar-refractivity contribution in [3.8, 4) is 0 Å². The molecule has 0 bridgehead atoms. The molecule has 1 saturated carbocycles. The predicted molar refractivity (Wildman–Crippen MR) is 82.1 cm³/mol. The molecule has 5 heteroatoms. The van der Waals surface area contributed by atoms with Gasteiger partial charge < -0.3 is 16.0 Å². The molecule has 1 heterocycles. The summed E-state index contributed by atoms with van der Waals surface area (Å²) in [7, 11) is 0. The Kier molecular flexibility index (Phi) is 4.20. The lowest BCUT2D eigenvalue weighted by molar-refractivity contribution is -0.117. The van der Waals surface area contributed by atoms with Crippen LogP contribution in [0, 0.1) is 5.92 Å². The van der Waals surface area contributed by atoms with Gasteiger partial charge in [-0.15, -0.1) is 0 Å². The van der Waals surface area contributed by atoms with Crippen molar-refractivity contribution >= 4 is 23.2 Å². The number of hydrogen-bond donors (Lipinski definition) is 3. The summed E-state index contributed by atoms with van der Waals surface area (Å²) in [5, 5.41) is 9.09. The Morgan fingerprint density at radius 2 is 1.71 bits per heavy atom. The van der Waals surface area contributed by atoms with E-state index in [-0.39, 0.29) is 17.7 Å². The Labute approximate surface area is 124 Å². The van der Waals surface area contributed by atoms with Crippen molar-refractivity contribution in [2.24, 2.45) is 5.92 Å². The van der Waals surface area contributed by atoms with E-state index < -0.39 is 0 Å². The molecule has 21 heavy (non-hydrogen) atoms. The maximum atomic E-state index is 11.9. The monoisotopic (exact) mass is 287 g/mol. The number of benzene rings is 1. The fourth-order valence-electron chi connectivity index (χ4n) is 2.59. The molecule has 2 aliphatic rings. The lowest BCUT2D eigenvalue weighted by atomic mass is 10.1. The third kappa shape index (κ3) is 4.04. The number of nitrogens with one attached hydrogen (secondary N) is 3. The van der Waals surface area contributed by atoms with Gasteiger partial charge in [-0.2, -0.15) is 0 Å². The smallest absolute Gasteiger partial charge is 0.227 e. The number of anilines is 2. The van der Waals surface area contributed by atoms with E-state index in [9.17, 15) is 9.59 Å². The highest BCUT2D eigenvalue weighted by Gasteiger charge is 2.29. The molecule has 1 aliphatic heterocycles. The van der Waals surface area contributed by atoms with Crippen molar-refractivity contribution in [2.75, 3.05) is 17.2 Å². The minimum Gasteiger partial charge on any atom is -0.326 e. The van der Waals surface area contributed by atoms with Gasteiger partial charge in [-0.05, 0) is 56.5 Å². The van der Waals surface area contributed by atoms with E-state index in [2.05, 4.69) is 16.0 Å². The number of rotatable bonds is 5. The number of hydrogen-bond acceptors (Lipinski definition) is 3. The fraction of sp³-hybridized carbons (Fsp3) is 0.500. The summed E-state index contributed by atoms with van der Waals surface area (Å²) in [6.07, 6.45) is 4.72. The zero-order valence-corrected chi connectivity index (χ0v) is 12.0. The van der Waals surface area contributed by atoms with Crippen LogP contribution in [0.1, 0.15) is 32.1 Å². The summed E-state index contributed by atoms with van der Waals surface area (Å²) in [6, 6.07) is 7.60. The van der Waals surface area contributed by atoms with Crippen molar-refractivity contribution in [1.29, 1.82) is 0 Å². The van der Waals surface area contributed by atoms with Crippen LogP contribution in [0.5, 0.6) is 0 Å². The second-order valence-corrected chi connectivity index (χ2v) is 5.89. The van der Waals surface area contributed by atoms with Gasteiger partial charge in [-0.1, -0.05) is 0 Å². The molecule has 112 valence electrons. The van der Waals surface area contributed by atoms with Gasteiger partial charge in [-0.25, -0.2) is 0 Å². The van der Waals surface area contributed by atoms with Crippen LogP contribution in [-0.2, 0) is 9.59 Å². The van der Waals surface area contributed by atoms with Crippen LogP contribution < -0.4 is 16.0 Å². The Balaban J connectivity index is 1.48. The van der Waals surface area contributed by atoms with E-state index >= 15 is 0 Å². The Morgan fingerprint density at radius 1 is 1.05 bits per heavy atom. The van der Waals surface area contributed by atoms with Gasteiger partial charge >= 0.3 is 0 Å². The summed E-state index contributed by atoms with van der Waals surface area (Å²) < 4.78 is 0. The van der Waals surface area contributed by atoms with Crippen LogP contribution in [0.3, 0.4) is 0 Å². The van der Waals surface area contributed by atoms with Gasteiger partial charge in [0, 0.05) is 29.8 Å². The topological polar surface area (TPSA) is 70.2 Å². The Bertz CT molecular complexity index is 517. The number of carbonyl (C=O) groups excluding carboxylic acids is 2. The highest BCUT2D eigenvalue weighted by atomic mass is 16.2. The standard InChI is InChI=1S/C16H21N3O2/c20-15(10-14-2-1-9-17-14)18-12-5-7-13(8-6-12)19-16(21)11-3-4-11/h5-8,11,14,17H,1-4,9-10H2,(H,18,20)(H,19,21). The minimum atomic E-state index is 0.0316. The van der Waals surface area contributed by atoms with Crippen molar-refractivity contribution in [1.82, 2.24) is 5.32 Å². The second-order valence-electron chi connectivity index (χ2n) is 5.89. The number of carbonyl (C=O) groups is 2. The van der Waals surface area contributed by atoms with Crippen LogP contribution in [-0.4, -0.2) is 24.4 Å². The average molecular weight is 287 g/mol. The highest BCUT2D eigenvalue weighted by Crippen LogP contribution is 2.30. The third-order valence-corrected chi connectivity index (χ3v) is 3.98. The summed E-state index contributed by atoms with van der Waals surface area (Å²) in [5.74, 6) is 0.326. The maximum absolute atomic E-state index is 11.9. The first-order valence-corrected chi connectivity index (χ1v) is 7.65. The summed E-state index contributed by atoms with van der Waals surface area (Å²) in [6.45, 7) is 1.01. The van der Waals surface area contributed by atoms with E-state index in [0.29, 0.717) is 12.5 Å². The van der Waals surface area contributed by atoms with E-state index in [1.807, 2.05) is 24.3 Å². The SMILES string of the molecule is O=C(CC1CCCN1)Nc1ccc(NC(=O)C2CC2)cc1. The Morgan fingerprint density at radius 3 is 2.29 bits per heavy atom. The average Bonchev–Trinajstić information content (AvgIpc) is 3.20. The van der Waals surface area contributed by atoms with Gasteiger partial charge in [0.15, 0.2) is 0 Å². The van der Waals surface area contributed by atoms with E-state index in [4.69, 9.17) is 0 Å². The molecule has 0 aromatic heterocycles. The molecule has 1 atom stereocenters. The van der Waals surface area contributed by atoms with Crippen LogP contribution in [0.4, 0.5) is 11.4 Å². The third-order valence-electron chi connectivity index (χ3n) is 3.98. The Hall–Kier alpha value is -1.88. The molecule has 3 N–H and O–H groups in total. The molecule has 0 spiro atoms. The zero-order valence-electron chi connectivity index (χ0n) is 12.0. The molecule has 1 aromatic carbocycles. The van der Waals surface area contributed by atoms with Crippen LogP contribution in [0.15, 0.2) is 24.3 Å². The lowest BCUT2D eigenvalue weighted by Crippen LogP contribution is -2.27.